The van der Waals surface area contributed by atoms with E-state index in [2.05, 4.69) is 75.6 Å². The topological polar surface area (TPSA) is 86.3 Å². The van der Waals surface area contributed by atoms with E-state index < -0.39 is 39.9 Å². The zero-order valence-corrected chi connectivity index (χ0v) is 23.4. The van der Waals surface area contributed by atoms with Crippen LogP contribution in [0.15, 0.2) is 12.3 Å². The molecule has 0 spiro atoms. The van der Waals surface area contributed by atoms with Gasteiger partial charge in [0, 0.05) is 6.04 Å². The maximum atomic E-state index is 10.6. The Morgan fingerprint density at radius 3 is 1.64 bits per heavy atom. The molecule has 0 aromatic heterocycles. The third-order valence-electron chi connectivity index (χ3n) is 3.20. The van der Waals surface area contributed by atoms with Gasteiger partial charge in [-0.05, 0) is 78.8 Å². The third kappa shape index (κ3) is 13.8. The number of hydrogen-bond acceptors (Lipinski definition) is 6. The minimum absolute atomic E-state index is 0.186. The molecule has 2 N–H and O–H groups in total. The van der Waals surface area contributed by atoms with E-state index in [0.29, 0.717) is 6.54 Å². The van der Waals surface area contributed by atoms with Crippen molar-refractivity contribution in [1.29, 1.82) is 0 Å². The zero-order chi connectivity index (χ0) is 22.4. The lowest BCUT2D eigenvalue weighted by Crippen LogP contribution is -2.60. The molecule has 166 valence electrons. The Morgan fingerprint density at radius 2 is 1.32 bits per heavy atom. The van der Waals surface area contributed by atoms with Crippen LogP contribution < -0.4 is 5.32 Å². The second kappa shape index (κ2) is 10.7. The van der Waals surface area contributed by atoms with E-state index in [9.17, 15) is 4.79 Å². The Labute approximate surface area is 175 Å². The standard InChI is InChI=1S/C17H41NO6Si4/c1-15(16(2)21-17(19)20)18-13-12-14-28(22-25(3,4)5,23-26(6,7)8)24-27(9,10)11/h15,18H,2,12-14H2,1,3-11H3,(H,19,20). The summed E-state index contributed by atoms with van der Waals surface area (Å²) in [5.41, 5.74) is 0. The third-order valence-corrected chi connectivity index (χ3v) is 15.2. The van der Waals surface area contributed by atoms with E-state index in [4.69, 9.17) is 17.5 Å². The van der Waals surface area contributed by atoms with Gasteiger partial charge in [0.25, 0.3) is 0 Å². The summed E-state index contributed by atoms with van der Waals surface area (Å²) < 4.78 is 24.5. The lowest BCUT2D eigenvalue weighted by Gasteiger charge is -2.43. The second-order valence-corrected chi connectivity index (χ2v) is 26.9. The minimum Gasteiger partial charge on any atom is -0.449 e. The fourth-order valence-corrected chi connectivity index (χ4v) is 17.2. The van der Waals surface area contributed by atoms with E-state index in [1.54, 1.807) is 0 Å². The molecule has 0 saturated carbocycles. The Balaban J connectivity index is 5.19. The number of carbonyl (C=O) groups is 1. The first-order valence-corrected chi connectivity index (χ1v) is 21.9. The summed E-state index contributed by atoms with van der Waals surface area (Å²) in [6, 6.07) is 0.471. The van der Waals surface area contributed by atoms with Crippen molar-refractivity contribution in [2.24, 2.45) is 0 Å². The first-order chi connectivity index (χ1) is 12.3. The average Bonchev–Trinajstić information content (AvgIpc) is 2.36. The van der Waals surface area contributed by atoms with Crippen molar-refractivity contribution in [1.82, 2.24) is 5.32 Å². The molecule has 1 atom stereocenters. The smallest absolute Gasteiger partial charge is 0.449 e. The molecular weight excluding hydrogens is 427 g/mol. The van der Waals surface area contributed by atoms with Crippen molar-refractivity contribution in [2.45, 2.75) is 84.4 Å². The van der Waals surface area contributed by atoms with Gasteiger partial charge in [0.15, 0.2) is 25.0 Å². The molecule has 7 nitrogen and oxygen atoms in total. The SMILES string of the molecule is C=C(OC(=O)O)C(C)NCCC[Si](O[Si](C)(C)C)(O[Si](C)(C)C)O[Si](C)(C)C. The number of hydrogen-bond donors (Lipinski definition) is 2. The molecular formula is C17H41NO6Si4. The largest absolute Gasteiger partial charge is 0.511 e. The van der Waals surface area contributed by atoms with E-state index in [-0.39, 0.29) is 11.8 Å². The molecule has 0 heterocycles. The van der Waals surface area contributed by atoms with Gasteiger partial charge in [-0.15, -0.1) is 0 Å². The predicted octanol–water partition coefficient (Wildman–Crippen LogP) is 5.06. The second-order valence-electron chi connectivity index (χ2n) is 9.94. The molecule has 28 heavy (non-hydrogen) atoms. The van der Waals surface area contributed by atoms with Crippen LogP contribution in [0.5, 0.6) is 0 Å². The molecule has 0 saturated heterocycles. The summed E-state index contributed by atoms with van der Waals surface area (Å²) in [5.74, 6) is 0.186. The molecule has 0 aliphatic carbocycles. The highest BCUT2D eigenvalue weighted by atomic mass is 28.5. The monoisotopic (exact) mass is 467 g/mol. The molecule has 0 radical (unpaired) electrons. The molecule has 0 amide bonds. The summed E-state index contributed by atoms with van der Waals surface area (Å²) >= 11 is 0. The summed E-state index contributed by atoms with van der Waals surface area (Å²) in [4.78, 5) is 10.6. The number of carboxylic acid groups (broad SMARTS) is 1. The van der Waals surface area contributed by atoms with Crippen LogP contribution in [-0.2, 0) is 17.1 Å². The lowest BCUT2D eigenvalue weighted by atomic mass is 10.3. The fraction of sp³-hybridized carbons (Fsp3) is 0.824. The van der Waals surface area contributed by atoms with E-state index in [1.807, 2.05) is 6.92 Å². The Kier molecular flexibility index (Phi) is 10.6. The molecule has 0 aromatic rings. The molecule has 0 aliphatic heterocycles. The van der Waals surface area contributed by atoms with E-state index in [0.717, 1.165) is 12.5 Å². The predicted molar refractivity (Wildman–Crippen MR) is 124 cm³/mol. The molecule has 0 aromatic carbocycles. The average molecular weight is 468 g/mol. The van der Waals surface area contributed by atoms with Gasteiger partial charge < -0.3 is 27.5 Å². The van der Waals surface area contributed by atoms with Crippen molar-refractivity contribution in [2.75, 3.05) is 6.54 Å². The van der Waals surface area contributed by atoms with Gasteiger partial charge in [0.05, 0.1) is 6.04 Å². The number of nitrogens with one attached hydrogen (secondary N) is 1. The van der Waals surface area contributed by atoms with Gasteiger partial charge in [-0.2, -0.15) is 0 Å². The van der Waals surface area contributed by atoms with Crippen LogP contribution in [0.3, 0.4) is 0 Å². The van der Waals surface area contributed by atoms with Crippen LogP contribution in [0.25, 0.3) is 0 Å². The molecule has 0 rings (SSSR count). The van der Waals surface area contributed by atoms with Crippen molar-refractivity contribution in [3.63, 3.8) is 0 Å². The first-order valence-electron chi connectivity index (χ1n) is 9.78. The maximum Gasteiger partial charge on any atom is 0.511 e. The van der Waals surface area contributed by atoms with Gasteiger partial charge in [0.1, 0.15) is 5.76 Å². The van der Waals surface area contributed by atoms with Crippen LogP contribution in [0.1, 0.15) is 13.3 Å². The van der Waals surface area contributed by atoms with Gasteiger partial charge in [-0.1, -0.05) is 6.58 Å². The maximum absolute atomic E-state index is 10.6. The van der Waals surface area contributed by atoms with Gasteiger partial charge in [-0.25, -0.2) is 4.79 Å². The molecule has 0 aliphatic rings. The highest BCUT2D eigenvalue weighted by Gasteiger charge is 2.49. The summed E-state index contributed by atoms with van der Waals surface area (Å²) in [7, 11) is -8.45. The van der Waals surface area contributed by atoms with Gasteiger partial charge in [-0.3, -0.25) is 0 Å². The van der Waals surface area contributed by atoms with Crippen LogP contribution in [0, 0.1) is 0 Å². The fourth-order valence-electron chi connectivity index (χ4n) is 2.55. The Morgan fingerprint density at radius 1 is 0.929 bits per heavy atom. The Hall–Kier alpha value is -0.282. The van der Waals surface area contributed by atoms with Crippen molar-refractivity contribution in [3.05, 3.63) is 12.3 Å². The van der Waals surface area contributed by atoms with E-state index >= 15 is 0 Å². The van der Waals surface area contributed by atoms with Gasteiger partial charge in [0.2, 0.25) is 0 Å². The Bertz CT molecular complexity index is 484. The molecule has 11 heteroatoms. The van der Waals surface area contributed by atoms with Crippen LogP contribution in [0.4, 0.5) is 4.79 Å². The van der Waals surface area contributed by atoms with Crippen molar-refractivity contribution in [3.8, 4) is 0 Å². The molecule has 0 bridgehead atoms. The zero-order valence-electron chi connectivity index (χ0n) is 19.4. The van der Waals surface area contributed by atoms with Crippen molar-refractivity contribution >= 4 is 39.9 Å². The van der Waals surface area contributed by atoms with E-state index in [1.165, 1.54) is 0 Å². The van der Waals surface area contributed by atoms with Crippen LogP contribution >= 0.6 is 0 Å². The van der Waals surface area contributed by atoms with Crippen LogP contribution in [-0.4, -0.2) is 57.6 Å². The number of ether oxygens (including phenoxy) is 1. The summed E-state index contributed by atoms with van der Waals surface area (Å²) in [5, 5.41) is 11.9. The minimum atomic E-state index is -2.83. The quantitative estimate of drug-likeness (QED) is 0.169. The van der Waals surface area contributed by atoms with Gasteiger partial charge >= 0.3 is 15.0 Å². The van der Waals surface area contributed by atoms with Crippen LogP contribution in [0.2, 0.25) is 65.0 Å². The summed E-state index contributed by atoms with van der Waals surface area (Å²) in [6.45, 7) is 25.7. The normalized spacial score (nSPS) is 14.6. The number of rotatable bonds is 13. The first kappa shape index (κ1) is 27.7. The van der Waals surface area contributed by atoms with Crippen molar-refractivity contribution < 1.29 is 27.0 Å². The lowest BCUT2D eigenvalue weighted by molar-refractivity contribution is 0.113. The highest BCUT2D eigenvalue weighted by molar-refractivity contribution is 6.90. The molecule has 1 unspecified atom stereocenters. The highest BCUT2D eigenvalue weighted by Crippen LogP contribution is 2.29. The molecule has 0 fully saturated rings. The summed E-state index contributed by atoms with van der Waals surface area (Å²) in [6.07, 6.45) is -0.545.